The number of fused-ring (bicyclic) bond motifs is 6. The number of carbonyl (C=O) groups is 2. The molecular formula is C33H36N8O3. The highest BCUT2D eigenvalue weighted by molar-refractivity contribution is 5.92. The van der Waals surface area contributed by atoms with Gasteiger partial charge in [0.1, 0.15) is 11.6 Å². The fourth-order valence-electron chi connectivity index (χ4n) is 5.57. The minimum atomic E-state index is -0.139. The second-order valence-corrected chi connectivity index (χ2v) is 11.3. The van der Waals surface area contributed by atoms with E-state index >= 15 is 0 Å². The Hall–Kier alpha value is -5.19. The molecule has 1 fully saturated rings. The van der Waals surface area contributed by atoms with Crippen LogP contribution in [0.5, 0.6) is 5.75 Å². The molecule has 11 heteroatoms. The maximum absolute atomic E-state index is 13.2. The highest BCUT2D eigenvalue weighted by atomic mass is 16.5. The first-order valence-corrected chi connectivity index (χ1v) is 14.9. The lowest BCUT2D eigenvalue weighted by Gasteiger charge is -2.31. The van der Waals surface area contributed by atoms with Crippen LogP contribution in [0.15, 0.2) is 67.1 Å². The van der Waals surface area contributed by atoms with E-state index in [4.69, 9.17) is 4.74 Å². The molecule has 44 heavy (non-hydrogen) atoms. The molecule has 0 aliphatic carbocycles. The summed E-state index contributed by atoms with van der Waals surface area (Å²) in [4.78, 5) is 41.3. The fourth-order valence-corrected chi connectivity index (χ4v) is 5.57. The van der Waals surface area contributed by atoms with Gasteiger partial charge in [-0.1, -0.05) is 6.07 Å². The van der Waals surface area contributed by atoms with Crippen molar-refractivity contribution in [3.63, 3.8) is 0 Å². The first-order valence-electron chi connectivity index (χ1n) is 14.9. The lowest BCUT2D eigenvalue weighted by molar-refractivity contribution is -0.117. The molecule has 0 saturated carbocycles. The van der Waals surface area contributed by atoms with E-state index in [1.165, 1.54) is 0 Å². The Morgan fingerprint density at radius 3 is 2.68 bits per heavy atom. The predicted molar refractivity (Wildman–Crippen MR) is 171 cm³/mol. The standard InChI is InChI=1S/C33H36N8O3/c1-21-18-35-32-37-27-14-23(19-34-20-27)6-7-24-16-26(36-31(21)40-32)8-9-29(24)39-30(42)15-22-10-12-41(13-11-22)33(43)38-25-4-3-5-28(17-25)44-2/h3-5,8-9,14,16-20,22H,6-7,10-13,15H2,1-2H3,(H,38,43)(H,39,42)(H2,35,36,37,40). The molecule has 4 heterocycles. The number of benzene rings is 2. The number of aromatic nitrogens is 3. The zero-order valence-corrected chi connectivity index (χ0v) is 24.9. The summed E-state index contributed by atoms with van der Waals surface area (Å²) in [5.41, 5.74) is 6.21. The summed E-state index contributed by atoms with van der Waals surface area (Å²) < 4.78 is 5.24. The first kappa shape index (κ1) is 28.9. The molecule has 4 N–H and O–H groups in total. The summed E-state index contributed by atoms with van der Waals surface area (Å²) in [6.07, 6.45) is 8.81. The Bertz CT molecular complexity index is 1670. The molecule has 0 atom stereocenters. The topological polar surface area (TPSA) is 133 Å². The van der Waals surface area contributed by atoms with E-state index in [1.807, 2.05) is 49.5 Å². The second kappa shape index (κ2) is 13.0. The van der Waals surface area contributed by atoms with Crippen LogP contribution in [-0.2, 0) is 17.6 Å². The molecule has 1 saturated heterocycles. The lowest BCUT2D eigenvalue weighted by atomic mass is 9.93. The average Bonchev–Trinajstić information content (AvgIpc) is 3.03. The van der Waals surface area contributed by atoms with Gasteiger partial charge in [0.05, 0.1) is 19.0 Å². The molecule has 0 unspecified atom stereocenters. The fraction of sp³-hybridized carbons (Fsp3) is 0.303. The Morgan fingerprint density at radius 2 is 1.84 bits per heavy atom. The minimum absolute atomic E-state index is 0.0201. The van der Waals surface area contributed by atoms with Crippen molar-refractivity contribution in [1.82, 2.24) is 19.9 Å². The highest BCUT2D eigenvalue weighted by Gasteiger charge is 2.25. The number of piperidine rings is 1. The van der Waals surface area contributed by atoms with Gasteiger partial charge in [0.2, 0.25) is 11.9 Å². The van der Waals surface area contributed by atoms with E-state index in [9.17, 15) is 9.59 Å². The number of pyridine rings is 1. The molecule has 6 rings (SSSR count). The van der Waals surface area contributed by atoms with Gasteiger partial charge < -0.3 is 30.9 Å². The van der Waals surface area contributed by atoms with Gasteiger partial charge in [0, 0.05) is 60.6 Å². The maximum atomic E-state index is 13.2. The summed E-state index contributed by atoms with van der Waals surface area (Å²) in [6.45, 7) is 3.16. The van der Waals surface area contributed by atoms with Gasteiger partial charge in [-0.05, 0) is 86.1 Å². The zero-order chi connectivity index (χ0) is 30.5. The minimum Gasteiger partial charge on any atom is -0.497 e. The van der Waals surface area contributed by atoms with Gasteiger partial charge in [-0.15, -0.1) is 0 Å². The Labute approximate surface area is 256 Å². The van der Waals surface area contributed by atoms with Gasteiger partial charge in [0.25, 0.3) is 0 Å². The molecular weight excluding hydrogens is 556 g/mol. The van der Waals surface area contributed by atoms with Gasteiger partial charge in [-0.3, -0.25) is 9.78 Å². The smallest absolute Gasteiger partial charge is 0.321 e. The van der Waals surface area contributed by atoms with Crippen LogP contribution in [-0.4, -0.2) is 52.0 Å². The van der Waals surface area contributed by atoms with Crippen LogP contribution in [0.1, 0.15) is 36.0 Å². The van der Waals surface area contributed by atoms with Gasteiger partial charge in [-0.25, -0.2) is 9.78 Å². The number of carbonyl (C=O) groups excluding carboxylic acids is 2. The largest absolute Gasteiger partial charge is 0.497 e. The Balaban J connectivity index is 1.09. The first-order chi connectivity index (χ1) is 21.4. The molecule has 2 aromatic carbocycles. The zero-order valence-electron chi connectivity index (χ0n) is 24.9. The molecule has 2 aliphatic rings. The quantitative estimate of drug-likeness (QED) is 0.220. The molecule has 226 valence electrons. The van der Waals surface area contributed by atoms with Crippen molar-refractivity contribution < 1.29 is 14.3 Å². The number of hydrogen-bond donors (Lipinski definition) is 4. The number of hydrogen-bond acceptors (Lipinski definition) is 8. The number of amides is 3. The van der Waals surface area contributed by atoms with Crippen molar-refractivity contribution in [3.8, 4) is 5.75 Å². The number of nitrogens with one attached hydrogen (secondary N) is 4. The van der Waals surface area contributed by atoms with Crippen LogP contribution in [0, 0.1) is 12.8 Å². The molecule has 0 spiro atoms. The van der Waals surface area contributed by atoms with E-state index in [1.54, 1.807) is 30.5 Å². The predicted octanol–water partition coefficient (Wildman–Crippen LogP) is 6.05. The number of urea groups is 1. The van der Waals surface area contributed by atoms with Crippen LogP contribution in [0.2, 0.25) is 0 Å². The lowest BCUT2D eigenvalue weighted by Crippen LogP contribution is -2.41. The number of rotatable bonds is 5. The molecule has 3 amide bonds. The Kier molecular flexibility index (Phi) is 8.53. The molecule has 2 aliphatic heterocycles. The molecule has 6 bridgehead atoms. The van der Waals surface area contributed by atoms with Crippen molar-refractivity contribution in [3.05, 3.63) is 83.8 Å². The van der Waals surface area contributed by atoms with E-state index in [-0.39, 0.29) is 17.9 Å². The maximum Gasteiger partial charge on any atom is 0.321 e. The molecule has 11 nitrogen and oxygen atoms in total. The van der Waals surface area contributed by atoms with Crippen LogP contribution in [0.4, 0.5) is 39.3 Å². The van der Waals surface area contributed by atoms with Crippen LogP contribution < -0.4 is 26.0 Å². The van der Waals surface area contributed by atoms with Crippen molar-refractivity contribution in [2.24, 2.45) is 5.92 Å². The van der Waals surface area contributed by atoms with Crippen molar-refractivity contribution in [1.29, 1.82) is 0 Å². The highest BCUT2D eigenvalue weighted by Crippen LogP contribution is 2.29. The number of likely N-dealkylation sites (tertiary alicyclic amines) is 1. The van der Waals surface area contributed by atoms with Gasteiger partial charge in [0.15, 0.2) is 0 Å². The second-order valence-electron chi connectivity index (χ2n) is 11.3. The number of anilines is 6. The van der Waals surface area contributed by atoms with Gasteiger partial charge >= 0.3 is 6.03 Å². The van der Waals surface area contributed by atoms with Crippen molar-refractivity contribution in [2.75, 3.05) is 41.5 Å². The molecule has 4 aromatic rings. The Morgan fingerprint density at radius 1 is 0.977 bits per heavy atom. The third kappa shape index (κ3) is 7.05. The van der Waals surface area contributed by atoms with Gasteiger partial charge in [-0.2, -0.15) is 4.98 Å². The van der Waals surface area contributed by atoms with E-state index in [0.29, 0.717) is 42.7 Å². The molecule has 0 radical (unpaired) electrons. The van der Waals surface area contributed by atoms with E-state index < -0.39 is 0 Å². The summed E-state index contributed by atoms with van der Waals surface area (Å²) >= 11 is 0. The van der Waals surface area contributed by atoms with Crippen molar-refractivity contribution >= 4 is 46.5 Å². The van der Waals surface area contributed by atoms with E-state index in [0.717, 1.165) is 59.4 Å². The third-order valence-corrected chi connectivity index (χ3v) is 8.04. The number of aryl methyl sites for hydroxylation is 3. The van der Waals surface area contributed by atoms with Crippen LogP contribution in [0.25, 0.3) is 0 Å². The van der Waals surface area contributed by atoms with Crippen LogP contribution in [0.3, 0.4) is 0 Å². The van der Waals surface area contributed by atoms with Crippen molar-refractivity contribution in [2.45, 2.75) is 39.0 Å². The summed E-state index contributed by atoms with van der Waals surface area (Å²) in [7, 11) is 1.60. The third-order valence-electron chi connectivity index (χ3n) is 8.04. The number of nitrogens with zero attached hydrogens (tertiary/aromatic N) is 4. The summed E-state index contributed by atoms with van der Waals surface area (Å²) in [5.74, 6) is 2.07. The normalized spacial score (nSPS) is 14.5. The summed E-state index contributed by atoms with van der Waals surface area (Å²) in [5, 5.41) is 12.8. The number of methoxy groups -OCH3 is 1. The van der Waals surface area contributed by atoms with E-state index in [2.05, 4.69) is 42.3 Å². The summed E-state index contributed by atoms with van der Waals surface area (Å²) in [6, 6.07) is 15.2. The monoisotopic (exact) mass is 592 g/mol. The SMILES string of the molecule is COc1cccc(NC(=O)N2CCC(CC(=O)Nc3ccc4cc3CCc3cncc(c3)Nc3ncc(C)c(n3)N4)CC2)c1. The number of ether oxygens (including phenoxy) is 1. The average molecular weight is 593 g/mol. The van der Waals surface area contributed by atoms with Crippen LogP contribution >= 0.6 is 0 Å². The molecule has 2 aromatic heterocycles.